The second-order valence-corrected chi connectivity index (χ2v) is 20.3. The summed E-state index contributed by atoms with van der Waals surface area (Å²) in [6.07, 6.45) is 45.0. The second-order valence-electron chi connectivity index (χ2n) is 20.3. The van der Waals surface area contributed by atoms with Crippen LogP contribution in [-0.2, 0) is 23.9 Å². The Morgan fingerprint density at radius 1 is 0.523 bits per heavy atom. The van der Waals surface area contributed by atoms with Crippen LogP contribution in [-0.4, -0.2) is 84.7 Å². The molecule has 0 aromatic carbocycles. The van der Waals surface area contributed by atoms with Gasteiger partial charge < -0.3 is 36.5 Å². The number of aliphatic imine (C=N–C) groups is 1. The van der Waals surface area contributed by atoms with Crippen molar-refractivity contribution < 1.29 is 23.9 Å². The lowest BCUT2D eigenvalue weighted by atomic mass is 10.1. The lowest BCUT2D eigenvalue weighted by molar-refractivity contribution is -0.157. The highest BCUT2D eigenvalue weighted by atomic mass is 16.6. The monoisotopic (exact) mass is 917 g/mol. The summed E-state index contributed by atoms with van der Waals surface area (Å²) in [4.78, 5) is 45.4. The summed E-state index contributed by atoms with van der Waals surface area (Å²) < 4.78 is 10.9. The van der Waals surface area contributed by atoms with E-state index in [1.165, 1.54) is 154 Å². The first-order valence-corrected chi connectivity index (χ1v) is 26.7. The van der Waals surface area contributed by atoms with Crippen molar-refractivity contribution in [1.82, 2.24) is 15.5 Å². The van der Waals surface area contributed by atoms with Crippen LogP contribution in [0.5, 0.6) is 0 Å². The predicted molar refractivity (Wildman–Crippen MR) is 276 cm³/mol. The number of nitrogens with two attached hydrogens (primary N) is 2. The number of hydrogen-bond acceptors (Lipinski definition) is 8. The zero-order chi connectivity index (χ0) is 48.4. The van der Waals surface area contributed by atoms with Crippen molar-refractivity contribution in [3.63, 3.8) is 0 Å². The fourth-order valence-corrected chi connectivity index (χ4v) is 7.39. The number of allylic oxidation sites excluding steroid dienone is 4. The van der Waals surface area contributed by atoms with Crippen LogP contribution < -0.4 is 22.1 Å². The van der Waals surface area contributed by atoms with Crippen molar-refractivity contribution in [2.45, 2.75) is 265 Å². The summed E-state index contributed by atoms with van der Waals surface area (Å²) in [6.45, 7) is 17.1. The molecule has 2 unspecified atom stereocenters. The average molecular weight is 917 g/mol. The normalized spacial score (nSPS) is 13.4. The summed E-state index contributed by atoms with van der Waals surface area (Å²) in [5.74, 6) is -0.704. The summed E-state index contributed by atoms with van der Waals surface area (Å²) in [5.41, 5.74) is 10.9. The van der Waals surface area contributed by atoms with E-state index in [9.17, 15) is 14.4 Å². The quantitative estimate of drug-likeness (QED) is 0.0154. The first-order chi connectivity index (χ1) is 31.1. The Hall–Kier alpha value is -2.92. The minimum atomic E-state index is -0.988. The molecule has 2 atom stereocenters. The van der Waals surface area contributed by atoms with Gasteiger partial charge in [-0.25, -0.2) is 0 Å². The molecule has 380 valence electrons. The number of rotatable bonds is 41. The van der Waals surface area contributed by atoms with E-state index >= 15 is 0 Å². The van der Waals surface area contributed by atoms with Crippen molar-refractivity contribution in [3.8, 4) is 0 Å². The third-order valence-corrected chi connectivity index (χ3v) is 11.2. The van der Waals surface area contributed by atoms with Gasteiger partial charge in [0.1, 0.15) is 23.3 Å². The van der Waals surface area contributed by atoms with Gasteiger partial charge in [0.15, 0.2) is 5.96 Å². The number of nitrogens with zero attached hydrogens (tertiary/aromatic N) is 2. The maximum Gasteiger partial charge on any atom is 0.325 e. The SMILES string of the molecule is CCCCCCCCC=CCCCCCCCCN(CCCCCCCCC=CCCCCCCCC)C(=O)CCNC(=NCC(N)C(=O)OC(C)(C)C)NCC(N)C(=O)OC(C)(C)C. The Morgan fingerprint density at radius 2 is 0.877 bits per heavy atom. The maximum atomic E-state index is 13.7. The molecule has 0 heterocycles. The third kappa shape index (κ3) is 42.2. The van der Waals surface area contributed by atoms with E-state index in [-0.39, 0.29) is 25.4 Å². The number of hydrogen-bond donors (Lipinski definition) is 4. The molecule has 11 nitrogen and oxygen atoms in total. The van der Waals surface area contributed by atoms with E-state index in [4.69, 9.17) is 20.9 Å². The van der Waals surface area contributed by atoms with E-state index in [0.717, 1.165) is 38.8 Å². The molecule has 0 fully saturated rings. The number of nitrogens with one attached hydrogen (secondary N) is 2. The van der Waals surface area contributed by atoms with Crippen LogP contribution in [0.25, 0.3) is 0 Å². The zero-order valence-corrected chi connectivity index (χ0v) is 43.6. The Balaban J connectivity index is 5.13. The van der Waals surface area contributed by atoms with Gasteiger partial charge in [0, 0.05) is 32.6 Å². The van der Waals surface area contributed by atoms with E-state index in [1.807, 2.05) is 4.90 Å². The van der Waals surface area contributed by atoms with Gasteiger partial charge in [-0.15, -0.1) is 0 Å². The lowest BCUT2D eigenvalue weighted by Crippen LogP contribution is -2.49. The number of carbonyl (C=O) groups is 3. The van der Waals surface area contributed by atoms with Gasteiger partial charge in [0.25, 0.3) is 0 Å². The molecule has 0 radical (unpaired) electrons. The molecular weight excluding hydrogens is 813 g/mol. The summed E-state index contributed by atoms with van der Waals surface area (Å²) >= 11 is 0. The Morgan fingerprint density at radius 3 is 1.26 bits per heavy atom. The molecule has 0 bridgehead atoms. The smallest absolute Gasteiger partial charge is 0.325 e. The van der Waals surface area contributed by atoms with Crippen LogP contribution in [0.1, 0.15) is 242 Å². The highest BCUT2D eigenvalue weighted by Gasteiger charge is 2.24. The van der Waals surface area contributed by atoms with E-state index in [0.29, 0.717) is 12.5 Å². The minimum absolute atomic E-state index is 0.0361. The Kier molecular flexibility index (Phi) is 39.4. The fourth-order valence-electron chi connectivity index (χ4n) is 7.39. The van der Waals surface area contributed by atoms with Gasteiger partial charge >= 0.3 is 11.9 Å². The van der Waals surface area contributed by atoms with E-state index in [1.54, 1.807) is 41.5 Å². The standard InChI is InChI=1S/C54H104N6O5/c1-9-11-13-15-17-19-21-23-25-27-29-31-33-35-37-39-43-60(44-40-38-36-34-32-30-28-26-24-22-20-18-16-14-12-10-2)49(61)41-42-57-52(58-45-47(55)50(62)64-53(3,4)5)59-46-48(56)51(63)65-54(6,7)8/h23-26,47-48H,9-22,27-46,55-56H2,1-8H3,(H2,57,58,59). The molecule has 6 N–H and O–H groups in total. The van der Waals surface area contributed by atoms with Crippen LogP contribution in [0.4, 0.5) is 0 Å². The van der Waals surface area contributed by atoms with Crippen molar-refractivity contribution in [1.29, 1.82) is 0 Å². The molecule has 1 amide bonds. The van der Waals surface area contributed by atoms with Crippen LogP contribution in [0.2, 0.25) is 0 Å². The number of unbranched alkanes of at least 4 members (excludes halogenated alkanes) is 24. The van der Waals surface area contributed by atoms with Crippen molar-refractivity contribution in [2.24, 2.45) is 16.5 Å². The van der Waals surface area contributed by atoms with Crippen LogP contribution in [0, 0.1) is 0 Å². The number of guanidine groups is 1. The molecule has 0 saturated carbocycles. The van der Waals surface area contributed by atoms with Gasteiger partial charge in [-0.2, -0.15) is 0 Å². The minimum Gasteiger partial charge on any atom is -0.459 e. The molecule has 0 aliphatic carbocycles. The van der Waals surface area contributed by atoms with Crippen molar-refractivity contribution in [3.05, 3.63) is 24.3 Å². The molecule has 0 aromatic heterocycles. The van der Waals surface area contributed by atoms with E-state index in [2.05, 4.69) is 53.8 Å². The molecule has 65 heavy (non-hydrogen) atoms. The van der Waals surface area contributed by atoms with Crippen LogP contribution >= 0.6 is 0 Å². The highest BCUT2D eigenvalue weighted by Crippen LogP contribution is 2.14. The van der Waals surface area contributed by atoms with Gasteiger partial charge in [-0.1, -0.05) is 154 Å². The molecule has 0 aliphatic rings. The van der Waals surface area contributed by atoms with Gasteiger partial charge in [0.2, 0.25) is 5.91 Å². The lowest BCUT2D eigenvalue weighted by Gasteiger charge is -2.24. The molecule has 0 rings (SSSR count). The third-order valence-electron chi connectivity index (χ3n) is 11.2. The first kappa shape index (κ1) is 62.1. The number of carbonyl (C=O) groups excluding carboxylic acids is 3. The summed E-state index contributed by atoms with van der Waals surface area (Å²) in [6, 6.07) is -1.94. The summed E-state index contributed by atoms with van der Waals surface area (Å²) in [7, 11) is 0. The fraction of sp³-hybridized carbons (Fsp3) is 0.852. The summed E-state index contributed by atoms with van der Waals surface area (Å²) in [5, 5.41) is 6.28. The molecule has 0 spiro atoms. The molecule has 11 heteroatoms. The van der Waals surface area contributed by atoms with Crippen molar-refractivity contribution >= 4 is 23.8 Å². The second kappa shape index (κ2) is 41.3. The van der Waals surface area contributed by atoms with Crippen molar-refractivity contribution in [2.75, 3.05) is 32.7 Å². The van der Waals surface area contributed by atoms with Crippen LogP contribution in [0.3, 0.4) is 0 Å². The highest BCUT2D eigenvalue weighted by molar-refractivity contribution is 5.83. The first-order valence-electron chi connectivity index (χ1n) is 26.7. The topological polar surface area (TPSA) is 161 Å². The molecule has 0 aliphatic heterocycles. The Bertz CT molecular complexity index is 1210. The number of amides is 1. The maximum absolute atomic E-state index is 13.7. The van der Waals surface area contributed by atoms with Gasteiger partial charge in [0.05, 0.1) is 6.54 Å². The van der Waals surface area contributed by atoms with Gasteiger partial charge in [-0.3, -0.25) is 19.4 Å². The predicted octanol–water partition coefficient (Wildman–Crippen LogP) is 12.2. The largest absolute Gasteiger partial charge is 0.459 e. The molecular formula is C54H104N6O5. The van der Waals surface area contributed by atoms with Gasteiger partial charge in [-0.05, 0) is 106 Å². The molecule has 0 saturated heterocycles. The number of ether oxygens (including phenoxy) is 2. The molecule has 0 aromatic rings. The average Bonchev–Trinajstić information content (AvgIpc) is 3.24. The zero-order valence-electron chi connectivity index (χ0n) is 43.6. The van der Waals surface area contributed by atoms with Crippen LogP contribution in [0.15, 0.2) is 29.3 Å². The Labute approximate surface area is 400 Å². The van der Waals surface area contributed by atoms with E-state index < -0.39 is 35.2 Å². The number of esters is 2.